The molecule has 1 heterocycles. The molecular weight excluding hydrogens is 312 g/mol. The number of carbonyl (C=O) groups is 2. The van der Waals surface area contributed by atoms with Crippen LogP contribution in [0.2, 0.25) is 0 Å². The highest BCUT2D eigenvalue weighted by molar-refractivity contribution is 5.95. The first-order valence-corrected chi connectivity index (χ1v) is 8.82. The lowest BCUT2D eigenvalue weighted by Crippen LogP contribution is -2.31. The van der Waals surface area contributed by atoms with E-state index < -0.39 is 0 Å². The van der Waals surface area contributed by atoms with Gasteiger partial charge in [-0.1, -0.05) is 42.5 Å². The molecule has 0 radical (unpaired) electrons. The van der Waals surface area contributed by atoms with Crippen molar-refractivity contribution in [2.75, 3.05) is 18.5 Å². The Morgan fingerprint density at radius 2 is 1.84 bits per heavy atom. The Hall–Kier alpha value is -2.62. The molecule has 0 atom stereocenters. The number of amides is 2. The van der Waals surface area contributed by atoms with Crippen LogP contribution in [0.4, 0.5) is 5.69 Å². The summed E-state index contributed by atoms with van der Waals surface area (Å²) in [5.41, 5.74) is 4.61. The zero-order chi connectivity index (χ0) is 17.6. The molecule has 1 aliphatic rings. The van der Waals surface area contributed by atoms with Crippen molar-refractivity contribution in [2.24, 2.45) is 0 Å². The molecule has 2 aromatic carbocycles. The van der Waals surface area contributed by atoms with Gasteiger partial charge in [0.1, 0.15) is 0 Å². The quantitative estimate of drug-likeness (QED) is 0.882. The normalized spacial score (nSPS) is 13.5. The molecule has 1 aliphatic heterocycles. The summed E-state index contributed by atoms with van der Waals surface area (Å²) in [4.78, 5) is 25.4. The van der Waals surface area contributed by atoms with E-state index in [-0.39, 0.29) is 11.8 Å². The fourth-order valence-electron chi connectivity index (χ4n) is 3.20. The Bertz CT molecular complexity index is 756. The topological polar surface area (TPSA) is 49.4 Å². The molecule has 3 rings (SSSR count). The molecule has 0 spiro atoms. The average Bonchev–Trinajstić information content (AvgIpc) is 2.64. The summed E-state index contributed by atoms with van der Waals surface area (Å²) in [5, 5.41) is 2.99. The first-order valence-electron chi connectivity index (χ1n) is 8.82. The van der Waals surface area contributed by atoms with Crippen LogP contribution < -0.4 is 10.2 Å². The molecule has 0 fully saturated rings. The van der Waals surface area contributed by atoms with E-state index >= 15 is 0 Å². The lowest BCUT2D eigenvalue weighted by atomic mass is 9.98. The largest absolute Gasteiger partial charge is 0.356 e. The van der Waals surface area contributed by atoms with Crippen LogP contribution in [-0.2, 0) is 28.9 Å². The molecule has 0 aliphatic carbocycles. The van der Waals surface area contributed by atoms with Crippen LogP contribution in [0, 0.1) is 0 Å². The van der Waals surface area contributed by atoms with E-state index in [0.717, 1.165) is 24.9 Å². The van der Waals surface area contributed by atoms with E-state index in [1.165, 1.54) is 16.7 Å². The van der Waals surface area contributed by atoms with E-state index in [1.54, 1.807) is 4.90 Å². The number of rotatable bonds is 6. The first kappa shape index (κ1) is 17.2. The van der Waals surface area contributed by atoms with Crippen molar-refractivity contribution in [3.05, 3.63) is 65.2 Å². The smallest absolute Gasteiger partial charge is 0.227 e. The number of hydrogen-bond acceptors (Lipinski definition) is 2. The SMILES string of the molecule is CN1C(=O)CCc2cc(CCNC(=O)CCc3ccccc3)ccc21. The minimum absolute atomic E-state index is 0.0899. The number of nitrogens with zero attached hydrogens (tertiary/aromatic N) is 1. The summed E-state index contributed by atoms with van der Waals surface area (Å²) < 4.78 is 0. The maximum absolute atomic E-state index is 12.0. The summed E-state index contributed by atoms with van der Waals surface area (Å²) in [5.74, 6) is 0.262. The molecule has 0 saturated heterocycles. The molecule has 4 nitrogen and oxygen atoms in total. The van der Waals surface area contributed by atoms with Gasteiger partial charge in [-0.2, -0.15) is 0 Å². The van der Waals surface area contributed by atoms with Crippen LogP contribution in [0.3, 0.4) is 0 Å². The van der Waals surface area contributed by atoms with Gasteiger partial charge >= 0.3 is 0 Å². The molecule has 0 unspecified atom stereocenters. The van der Waals surface area contributed by atoms with Gasteiger partial charge in [0.25, 0.3) is 0 Å². The Labute approximate surface area is 148 Å². The van der Waals surface area contributed by atoms with Crippen LogP contribution in [0.1, 0.15) is 29.5 Å². The highest BCUT2D eigenvalue weighted by Gasteiger charge is 2.20. The molecule has 2 aromatic rings. The van der Waals surface area contributed by atoms with E-state index in [0.29, 0.717) is 19.4 Å². The lowest BCUT2D eigenvalue weighted by Gasteiger charge is -2.26. The molecule has 25 heavy (non-hydrogen) atoms. The standard InChI is InChI=1S/C21H24N2O2/c1-23-19-10-7-17(15-18(19)9-12-21(23)25)13-14-22-20(24)11-8-16-5-3-2-4-6-16/h2-7,10,15H,8-9,11-14H2,1H3,(H,22,24). The summed E-state index contributed by atoms with van der Waals surface area (Å²) in [7, 11) is 1.83. The average molecular weight is 336 g/mol. The molecule has 1 N–H and O–H groups in total. The van der Waals surface area contributed by atoms with Gasteiger partial charge < -0.3 is 10.2 Å². The van der Waals surface area contributed by atoms with Gasteiger partial charge in [-0.15, -0.1) is 0 Å². The molecule has 0 aromatic heterocycles. The van der Waals surface area contributed by atoms with Crippen molar-refractivity contribution < 1.29 is 9.59 Å². The summed E-state index contributed by atoms with van der Waals surface area (Å²) >= 11 is 0. The number of hydrogen-bond donors (Lipinski definition) is 1. The summed E-state index contributed by atoms with van der Waals surface area (Å²) in [6, 6.07) is 16.3. The van der Waals surface area contributed by atoms with Gasteiger partial charge in [0, 0.05) is 32.1 Å². The lowest BCUT2D eigenvalue weighted by molar-refractivity contribution is -0.121. The number of carbonyl (C=O) groups excluding carboxylic acids is 2. The maximum atomic E-state index is 12.0. The number of nitrogens with one attached hydrogen (secondary N) is 1. The Morgan fingerprint density at radius 3 is 2.64 bits per heavy atom. The van der Waals surface area contributed by atoms with Crippen molar-refractivity contribution in [1.82, 2.24) is 5.32 Å². The number of fused-ring (bicyclic) bond motifs is 1. The second kappa shape index (κ2) is 7.97. The Balaban J connectivity index is 1.46. The van der Waals surface area contributed by atoms with Crippen LogP contribution in [0.25, 0.3) is 0 Å². The maximum Gasteiger partial charge on any atom is 0.227 e. The summed E-state index contributed by atoms with van der Waals surface area (Å²) in [6.07, 6.45) is 3.47. The number of anilines is 1. The fourth-order valence-corrected chi connectivity index (χ4v) is 3.20. The third kappa shape index (κ3) is 4.47. The van der Waals surface area contributed by atoms with Crippen molar-refractivity contribution in [2.45, 2.75) is 32.1 Å². The van der Waals surface area contributed by atoms with Crippen LogP contribution >= 0.6 is 0 Å². The number of aryl methyl sites for hydroxylation is 2. The second-order valence-corrected chi connectivity index (χ2v) is 6.50. The van der Waals surface area contributed by atoms with E-state index in [1.807, 2.05) is 49.5 Å². The zero-order valence-electron chi connectivity index (χ0n) is 14.6. The van der Waals surface area contributed by atoms with E-state index in [9.17, 15) is 9.59 Å². The Kier molecular flexibility index (Phi) is 5.49. The molecular formula is C21H24N2O2. The first-order chi connectivity index (χ1) is 12.1. The monoisotopic (exact) mass is 336 g/mol. The van der Waals surface area contributed by atoms with E-state index in [2.05, 4.69) is 11.4 Å². The van der Waals surface area contributed by atoms with Crippen molar-refractivity contribution >= 4 is 17.5 Å². The highest BCUT2D eigenvalue weighted by atomic mass is 16.2. The van der Waals surface area contributed by atoms with Crippen molar-refractivity contribution in [3.8, 4) is 0 Å². The van der Waals surface area contributed by atoms with Gasteiger partial charge in [-0.25, -0.2) is 0 Å². The molecule has 130 valence electrons. The zero-order valence-corrected chi connectivity index (χ0v) is 14.6. The van der Waals surface area contributed by atoms with Crippen molar-refractivity contribution in [1.29, 1.82) is 0 Å². The number of benzene rings is 2. The van der Waals surface area contributed by atoms with Gasteiger partial charge in [0.05, 0.1) is 0 Å². The predicted molar refractivity (Wildman–Crippen MR) is 99.6 cm³/mol. The van der Waals surface area contributed by atoms with Crippen molar-refractivity contribution in [3.63, 3.8) is 0 Å². The molecule has 4 heteroatoms. The minimum atomic E-state index is 0.0899. The van der Waals surface area contributed by atoms with Gasteiger partial charge in [-0.05, 0) is 42.0 Å². The van der Waals surface area contributed by atoms with Crippen LogP contribution in [0.15, 0.2) is 48.5 Å². The predicted octanol–water partition coefficient (Wildman–Crippen LogP) is 2.89. The van der Waals surface area contributed by atoms with Gasteiger partial charge in [-0.3, -0.25) is 9.59 Å². The minimum Gasteiger partial charge on any atom is -0.356 e. The third-order valence-electron chi connectivity index (χ3n) is 4.71. The third-order valence-corrected chi connectivity index (χ3v) is 4.71. The summed E-state index contributed by atoms with van der Waals surface area (Å²) in [6.45, 7) is 0.640. The highest BCUT2D eigenvalue weighted by Crippen LogP contribution is 2.27. The van der Waals surface area contributed by atoms with Gasteiger partial charge in [0.15, 0.2) is 0 Å². The van der Waals surface area contributed by atoms with Crippen LogP contribution in [0.5, 0.6) is 0 Å². The molecule has 0 saturated carbocycles. The fraction of sp³-hybridized carbons (Fsp3) is 0.333. The molecule has 2 amide bonds. The van der Waals surface area contributed by atoms with Crippen LogP contribution in [-0.4, -0.2) is 25.4 Å². The second-order valence-electron chi connectivity index (χ2n) is 6.50. The Morgan fingerprint density at radius 1 is 1.04 bits per heavy atom. The molecule has 0 bridgehead atoms. The van der Waals surface area contributed by atoms with Gasteiger partial charge in [0.2, 0.25) is 11.8 Å². The van der Waals surface area contributed by atoms with E-state index in [4.69, 9.17) is 0 Å².